The van der Waals surface area contributed by atoms with Gasteiger partial charge in [-0.2, -0.15) is 8.42 Å². The van der Waals surface area contributed by atoms with Crippen LogP contribution in [0.5, 0.6) is 0 Å². The van der Waals surface area contributed by atoms with E-state index in [1.165, 1.54) is 0 Å². The number of benzene rings is 2. The summed E-state index contributed by atoms with van der Waals surface area (Å²) in [7, 11) is 1.36. The summed E-state index contributed by atoms with van der Waals surface area (Å²) in [6.07, 6.45) is 0. The van der Waals surface area contributed by atoms with E-state index in [1.807, 2.05) is 0 Å². The van der Waals surface area contributed by atoms with Gasteiger partial charge in [0, 0.05) is 0 Å². The van der Waals surface area contributed by atoms with Gasteiger partial charge in [-0.3, -0.25) is 0 Å². The van der Waals surface area contributed by atoms with Gasteiger partial charge in [0.15, 0.2) is 0 Å². The molecule has 8 heteroatoms. The molecular weight excluding hydrogens is 519 g/mol. The van der Waals surface area contributed by atoms with Crippen LogP contribution in [0, 0.1) is 0 Å². The van der Waals surface area contributed by atoms with Crippen molar-refractivity contribution in [2.24, 2.45) is 0 Å². The second-order valence-electron chi connectivity index (χ2n) is 4.30. The minimum Gasteiger partial charge on any atom is -0.194 e. The molecule has 2 aromatic carbocycles. The van der Waals surface area contributed by atoms with Crippen molar-refractivity contribution >= 4 is 27.5 Å². The van der Waals surface area contributed by atoms with Crippen LogP contribution in [-0.4, -0.2) is 19.5 Å². The number of carbonyl (C=O) groups is 1. The largest absolute Gasteiger partial charge is 0.306 e. The van der Waals surface area contributed by atoms with Gasteiger partial charge >= 0.3 is 90.6 Å². The van der Waals surface area contributed by atoms with E-state index in [-0.39, 0.29) is 0 Å². The van der Waals surface area contributed by atoms with E-state index in [9.17, 15) is 17.1 Å². The van der Waals surface area contributed by atoms with E-state index in [2.05, 4.69) is 0 Å². The summed E-state index contributed by atoms with van der Waals surface area (Å²) >= 11 is -1.32. The molecule has 114 valence electrons. The minimum absolute atomic E-state index is 0.326. The standard InChI is InChI=1S/C7H7FO2S.C7H5O2.ClH.Hg/c8-11(9,10)6-7-4-2-1-3-5-7;8-7(9)6-4-2-1-3-5-6;;/h1-5H,6H2;2-5H,(H,8,9);1H;/q;;;+1/p-1. The van der Waals surface area contributed by atoms with Crippen molar-refractivity contribution in [2.75, 3.05) is 0 Å². The molecule has 0 saturated heterocycles. The van der Waals surface area contributed by atoms with Gasteiger partial charge in [-0.1, -0.05) is 30.3 Å². The van der Waals surface area contributed by atoms with Gasteiger partial charge in [0.25, 0.3) is 0 Å². The number of carboxylic acid groups (broad SMARTS) is 1. The zero-order chi connectivity index (χ0) is 16.6. The van der Waals surface area contributed by atoms with Gasteiger partial charge in [0.2, 0.25) is 0 Å². The average molecular weight is 531 g/mol. The zero-order valence-electron chi connectivity index (χ0n) is 11.4. The van der Waals surface area contributed by atoms with E-state index in [1.54, 1.807) is 54.6 Å². The van der Waals surface area contributed by atoms with Crippen LogP contribution >= 0.6 is 8.25 Å². The summed E-state index contributed by atoms with van der Waals surface area (Å²) in [5.41, 5.74) is 0.794. The number of halogens is 2. The van der Waals surface area contributed by atoms with Crippen LogP contribution < -0.4 is 3.07 Å². The monoisotopic (exact) mass is 532 g/mol. The molecule has 0 heterocycles. The molecule has 0 aliphatic rings. The second kappa shape index (κ2) is 9.22. The maximum atomic E-state index is 12.0. The Balaban J connectivity index is 0.000000220. The fourth-order valence-corrected chi connectivity index (χ4v) is 5.27. The molecule has 22 heavy (non-hydrogen) atoms. The van der Waals surface area contributed by atoms with Crippen molar-refractivity contribution in [1.29, 1.82) is 0 Å². The first-order valence-corrected chi connectivity index (χ1v) is 17.2. The van der Waals surface area contributed by atoms with Crippen molar-refractivity contribution in [3.8, 4) is 0 Å². The minimum atomic E-state index is -4.38. The summed E-state index contributed by atoms with van der Waals surface area (Å²) < 4.78 is 33.5. The maximum Gasteiger partial charge on any atom is 0.306 e. The molecule has 0 atom stereocenters. The van der Waals surface area contributed by atoms with Crippen LogP contribution in [0.2, 0.25) is 0 Å². The third-order valence-electron chi connectivity index (χ3n) is 2.54. The molecule has 0 saturated carbocycles. The Morgan fingerprint density at radius 2 is 1.64 bits per heavy atom. The fourth-order valence-electron chi connectivity index (χ4n) is 1.51. The predicted octanol–water partition coefficient (Wildman–Crippen LogP) is 2.73. The Morgan fingerprint density at radius 1 is 1.09 bits per heavy atom. The quantitative estimate of drug-likeness (QED) is 0.487. The topological polar surface area (TPSA) is 71.4 Å². The molecule has 2 aromatic rings. The SMILES string of the molecule is O=C(O)c1cc[c]([Hg][Cl])cc1.O=S(=O)(F)Cc1ccccc1. The Morgan fingerprint density at radius 3 is 2.05 bits per heavy atom. The molecule has 0 bridgehead atoms. The van der Waals surface area contributed by atoms with Crippen molar-refractivity contribution < 1.29 is 45.5 Å². The van der Waals surface area contributed by atoms with Crippen LogP contribution in [0.4, 0.5) is 3.89 Å². The third kappa shape index (κ3) is 7.86. The van der Waals surface area contributed by atoms with E-state index in [0.29, 0.717) is 11.1 Å². The number of aromatic carboxylic acids is 1. The van der Waals surface area contributed by atoms with Crippen LogP contribution in [0.25, 0.3) is 0 Å². The van der Waals surface area contributed by atoms with Gasteiger partial charge in [0.05, 0.1) is 0 Å². The first-order chi connectivity index (χ1) is 10.3. The average Bonchev–Trinajstić information content (AvgIpc) is 2.47. The first-order valence-electron chi connectivity index (χ1n) is 6.16. The molecule has 0 amide bonds. The summed E-state index contributed by atoms with van der Waals surface area (Å²) in [4.78, 5) is 10.4. The molecule has 0 aromatic heterocycles. The summed E-state index contributed by atoms with van der Waals surface area (Å²) in [6, 6.07) is 15.0. The molecule has 0 fully saturated rings. The number of carboxylic acids is 1. The normalized spacial score (nSPS) is 10.1. The van der Waals surface area contributed by atoms with Gasteiger partial charge in [0.1, 0.15) is 5.75 Å². The predicted molar refractivity (Wildman–Crippen MR) is 79.1 cm³/mol. The zero-order valence-corrected chi connectivity index (χ0v) is 18.5. The molecule has 4 nitrogen and oxygen atoms in total. The smallest absolute Gasteiger partial charge is 0.194 e. The Kier molecular flexibility index (Phi) is 7.99. The molecule has 0 radical (unpaired) electrons. The van der Waals surface area contributed by atoms with Crippen molar-refractivity contribution in [3.05, 3.63) is 65.7 Å². The van der Waals surface area contributed by atoms with Gasteiger partial charge in [-0.25, -0.2) is 0 Å². The second-order valence-corrected chi connectivity index (χ2v) is 12.2. The first kappa shape index (κ1) is 19.1. The van der Waals surface area contributed by atoms with Crippen molar-refractivity contribution in [1.82, 2.24) is 0 Å². The van der Waals surface area contributed by atoms with Crippen LogP contribution in [0.15, 0.2) is 54.6 Å². The van der Waals surface area contributed by atoms with Crippen LogP contribution in [-0.2, 0) is 39.3 Å². The number of rotatable bonds is 4. The summed E-state index contributed by atoms with van der Waals surface area (Å²) in [5.74, 6) is -1.42. The molecule has 0 unspecified atom stereocenters. The van der Waals surface area contributed by atoms with Crippen molar-refractivity contribution in [2.45, 2.75) is 5.75 Å². The molecule has 1 N–H and O–H groups in total. The number of hydrogen-bond donors (Lipinski definition) is 1. The Labute approximate surface area is 144 Å². The van der Waals surface area contributed by atoms with Crippen LogP contribution in [0.3, 0.4) is 0 Å². The third-order valence-corrected chi connectivity index (χ3v) is 8.96. The Hall–Kier alpha value is -0.985. The molecule has 0 aliphatic carbocycles. The number of hydrogen-bond acceptors (Lipinski definition) is 3. The van der Waals surface area contributed by atoms with E-state index < -0.39 is 45.3 Å². The van der Waals surface area contributed by atoms with Crippen LogP contribution in [0.1, 0.15) is 15.9 Å². The van der Waals surface area contributed by atoms with Crippen molar-refractivity contribution in [3.63, 3.8) is 0 Å². The van der Waals surface area contributed by atoms with Gasteiger partial charge in [-0.15, -0.1) is 3.89 Å². The molecule has 0 aliphatic heterocycles. The summed E-state index contributed by atoms with van der Waals surface area (Å²) in [6.45, 7) is 0. The van der Waals surface area contributed by atoms with E-state index in [0.717, 1.165) is 3.07 Å². The molecular formula is C14H12ClFHgO4S. The molecule has 2 rings (SSSR count). The van der Waals surface area contributed by atoms with E-state index >= 15 is 0 Å². The molecule has 0 spiro atoms. The fraction of sp³-hybridized carbons (Fsp3) is 0.0714. The maximum absolute atomic E-state index is 12.0. The Bertz CT molecular complexity index is 705. The van der Waals surface area contributed by atoms with Gasteiger partial charge in [-0.05, 0) is 5.56 Å². The van der Waals surface area contributed by atoms with Gasteiger partial charge < -0.3 is 0 Å². The van der Waals surface area contributed by atoms with E-state index in [4.69, 9.17) is 13.4 Å². The summed E-state index contributed by atoms with van der Waals surface area (Å²) in [5, 5.41) is 8.53.